The van der Waals surface area contributed by atoms with Gasteiger partial charge in [-0.05, 0) is 11.6 Å². The first-order chi connectivity index (χ1) is 10.2. The molecule has 0 unspecified atom stereocenters. The van der Waals surface area contributed by atoms with Crippen molar-refractivity contribution in [3.8, 4) is 11.3 Å². The molecule has 3 rings (SSSR count). The second-order valence-corrected chi connectivity index (χ2v) is 5.19. The van der Waals surface area contributed by atoms with Crippen molar-refractivity contribution in [1.82, 2.24) is 0 Å². The summed E-state index contributed by atoms with van der Waals surface area (Å²) in [7, 11) is 1.38. The van der Waals surface area contributed by atoms with E-state index in [2.05, 4.69) is 15.9 Å². The van der Waals surface area contributed by atoms with E-state index in [4.69, 9.17) is 9.15 Å². The van der Waals surface area contributed by atoms with Gasteiger partial charge < -0.3 is 9.15 Å². The van der Waals surface area contributed by atoms with Crippen molar-refractivity contribution in [2.24, 2.45) is 0 Å². The molecule has 1 heterocycles. The molecule has 0 fully saturated rings. The third-order valence-corrected chi connectivity index (χ3v) is 4.00. The van der Waals surface area contributed by atoms with E-state index in [-0.39, 0.29) is 5.97 Å². The molecule has 2 aromatic carbocycles. The average molecular weight is 345 g/mol. The van der Waals surface area contributed by atoms with Crippen molar-refractivity contribution in [3.05, 3.63) is 59.7 Å². The number of benzene rings is 2. The molecule has 0 N–H and O–H groups in total. The minimum Gasteiger partial charge on any atom is -0.465 e. The van der Waals surface area contributed by atoms with Crippen LogP contribution in [0.5, 0.6) is 0 Å². The largest absolute Gasteiger partial charge is 0.465 e. The van der Waals surface area contributed by atoms with E-state index in [0.717, 1.165) is 21.8 Å². The number of hydrogen-bond donors (Lipinski definition) is 0. The van der Waals surface area contributed by atoms with Crippen LogP contribution in [-0.4, -0.2) is 13.1 Å². The summed E-state index contributed by atoms with van der Waals surface area (Å²) < 4.78 is 10.8. The number of alkyl halides is 1. The van der Waals surface area contributed by atoms with E-state index in [9.17, 15) is 4.79 Å². The van der Waals surface area contributed by atoms with Gasteiger partial charge in [0, 0.05) is 16.3 Å². The van der Waals surface area contributed by atoms with Gasteiger partial charge in [0.05, 0.1) is 7.11 Å². The molecule has 0 amide bonds. The summed E-state index contributed by atoms with van der Waals surface area (Å²) in [6.07, 6.45) is 0. The first-order valence-electron chi connectivity index (χ1n) is 6.49. The fraction of sp³-hybridized carbons (Fsp3) is 0.118. The van der Waals surface area contributed by atoms with Crippen LogP contribution in [0.4, 0.5) is 0 Å². The molecule has 0 spiro atoms. The van der Waals surface area contributed by atoms with E-state index >= 15 is 0 Å². The van der Waals surface area contributed by atoms with Crippen LogP contribution in [0.1, 0.15) is 15.9 Å². The Morgan fingerprint density at radius 1 is 1.14 bits per heavy atom. The number of carbonyl (C=O) groups excluding carboxylic acids is 1. The first kappa shape index (κ1) is 13.9. The molecule has 21 heavy (non-hydrogen) atoms. The molecule has 0 aliphatic heterocycles. The molecule has 3 nitrogen and oxygen atoms in total. The second kappa shape index (κ2) is 5.74. The maximum absolute atomic E-state index is 12.1. The van der Waals surface area contributed by atoms with E-state index < -0.39 is 0 Å². The Bertz CT molecular complexity index is 787. The minimum absolute atomic E-state index is 0.389. The first-order valence-corrected chi connectivity index (χ1v) is 7.62. The SMILES string of the molecule is COC(=O)c1c(-c2ccc(CBr)cc2)oc2ccccc12. The van der Waals surface area contributed by atoms with Crippen molar-refractivity contribution in [3.63, 3.8) is 0 Å². The third kappa shape index (κ3) is 2.47. The standard InChI is InChI=1S/C17H13BrO3/c1-20-17(19)15-13-4-2-3-5-14(13)21-16(15)12-8-6-11(10-18)7-9-12/h2-9H,10H2,1H3. The number of hydrogen-bond acceptors (Lipinski definition) is 3. The molecule has 0 atom stereocenters. The number of methoxy groups -OCH3 is 1. The Hall–Kier alpha value is -2.07. The maximum atomic E-state index is 12.1. The summed E-state index contributed by atoms with van der Waals surface area (Å²) in [5.74, 6) is 0.156. The van der Waals surface area contributed by atoms with Crippen LogP contribution < -0.4 is 0 Å². The van der Waals surface area contributed by atoms with Gasteiger partial charge in [-0.25, -0.2) is 4.79 Å². The summed E-state index contributed by atoms with van der Waals surface area (Å²) in [6, 6.07) is 15.4. The van der Waals surface area contributed by atoms with Crippen molar-refractivity contribution < 1.29 is 13.9 Å². The van der Waals surface area contributed by atoms with Gasteiger partial charge in [-0.1, -0.05) is 58.4 Å². The van der Waals surface area contributed by atoms with E-state index in [1.807, 2.05) is 48.5 Å². The molecule has 0 bridgehead atoms. The quantitative estimate of drug-likeness (QED) is 0.507. The summed E-state index contributed by atoms with van der Waals surface area (Å²) in [5, 5.41) is 1.56. The number of rotatable bonds is 3. The van der Waals surface area contributed by atoms with Gasteiger partial charge in [-0.15, -0.1) is 0 Å². The predicted octanol–water partition coefficient (Wildman–Crippen LogP) is 4.78. The number of halogens is 1. The minimum atomic E-state index is -0.389. The number of furan rings is 1. The highest BCUT2D eigenvalue weighted by atomic mass is 79.9. The van der Waals surface area contributed by atoms with E-state index in [1.54, 1.807) is 0 Å². The zero-order valence-electron chi connectivity index (χ0n) is 11.4. The zero-order chi connectivity index (χ0) is 14.8. The molecule has 0 aliphatic carbocycles. The molecule has 4 heteroatoms. The van der Waals surface area contributed by atoms with E-state index in [0.29, 0.717) is 16.9 Å². The van der Waals surface area contributed by atoms with Crippen molar-refractivity contribution in [2.75, 3.05) is 7.11 Å². The Morgan fingerprint density at radius 2 is 1.86 bits per heavy atom. The lowest BCUT2D eigenvalue weighted by Crippen LogP contribution is -2.01. The van der Waals surface area contributed by atoms with Crippen LogP contribution in [-0.2, 0) is 10.1 Å². The Kier molecular flexibility index (Phi) is 3.80. The fourth-order valence-corrected chi connectivity index (χ4v) is 2.67. The molecular formula is C17H13BrO3. The highest BCUT2D eigenvalue weighted by Crippen LogP contribution is 2.34. The third-order valence-electron chi connectivity index (χ3n) is 3.36. The van der Waals surface area contributed by atoms with Gasteiger partial charge in [0.1, 0.15) is 16.9 Å². The van der Waals surface area contributed by atoms with Gasteiger partial charge in [0.25, 0.3) is 0 Å². The Morgan fingerprint density at radius 3 is 2.52 bits per heavy atom. The van der Waals surface area contributed by atoms with Crippen molar-refractivity contribution in [2.45, 2.75) is 5.33 Å². The van der Waals surface area contributed by atoms with Crippen molar-refractivity contribution in [1.29, 1.82) is 0 Å². The summed E-state index contributed by atoms with van der Waals surface area (Å²) in [5.41, 5.74) is 3.17. The highest BCUT2D eigenvalue weighted by Gasteiger charge is 2.22. The summed E-state index contributed by atoms with van der Waals surface area (Å²) in [6.45, 7) is 0. The van der Waals surface area contributed by atoms with Gasteiger partial charge >= 0.3 is 5.97 Å². The fourth-order valence-electron chi connectivity index (χ4n) is 2.30. The maximum Gasteiger partial charge on any atom is 0.342 e. The topological polar surface area (TPSA) is 39.4 Å². The van der Waals surface area contributed by atoms with Crippen LogP contribution >= 0.6 is 15.9 Å². The van der Waals surface area contributed by atoms with Gasteiger partial charge in [0.2, 0.25) is 0 Å². The monoisotopic (exact) mass is 344 g/mol. The normalized spacial score (nSPS) is 10.8. The average Bonchev–Trinajstić information content (AvgIpc) is 2.93. The highest BCUT2D eigenvalue weighted by molar-refractivity contribution is 9.08. The number of para-hydroxylation sites is 1. The molecule has 0 saturated heterocycles. The number of esters is 1. The van der Waals surface area contributed by atoms with Crippen molar-refractivity contribution >= 4 is 32.9 Å². The van der Waals surface area contributed by atoms with Gasteiger partial charge in [0.15, 0.2) is 0 Å². The van der Waals surface area contributed by atoms with Gasteiger partial charge in [-0.2, -0.15) is 0 Å². The molecule has 0 radical (unpaired) electrons. The zero-order valence-corrected chi connectivity index (χ0v) is 13.0. The lowest BCUT2D eigenvalue weighted by molar-refractivity contribution is 0.0603. The smallest absolute Gasteiger partial charge is 0.342 e. The van der Waals surface area contributed by atoms with Crippen LogP contribution in [0, 0.1) is 0 Å². The van der Waals surface area contributed by atoms with Crippen LogP contribution in [0.25, 0.3) is 22.3 Å². The molecule has 0 aliphatic rings. The summed E-state index contributed by atoms with van der Waals surface area (Å²) in [4.78, 5) is 12.1. The molecule has 106 valence electrons. The number of carbonyl (C=O) groups is 1. The Balaban J connectivity index is 2.22. The lowest BCUT2D eigenvalue weighted by atomic mass is 10.0. The van der Waals surface area contributed by atoms with Gasteiger partial charge in [-0.3, -0.25) is 0 Å². The van der Waals surface area contributed by atoms with Crippen LogP contribution in [0.3, 0.4) is 0 Å². The Labute approximate surface area is 130 Å². The van der Waals surface area contributed by atoms with Crippen LogP contribution in [0.15, 0.2) is 52.9 Å². The van der Waals surface area contributed by atoms with E-state index in [1.165, 1.54) is 7.11 Å². The summed E-state index contributed by atoms with van der Waals surface area (Å²) >= 11 is 3.42. The molecule has 1 aromatic heterocycles. The molecular weight excluding hydrogens is 332 g/mol. The number of ether oxygens (including phenoxy) is 1. The van der Waals surface area contributed by atoms with Crippen LogP contribution in [0.2, 0.25) is 0 Å². The predicted molar refractivity (Wildman–Crippen MR) is 85.6 cm³/mol. The second-order valence-electron chi connectivity index (χ2n) is 4.62. The molecule has 0 saturated carbocycles. The number of fused-ring (bicyclic) bond motifs is 1. The lowest BCUT2D eigenvalue weighted by Gasteiger charge is -2.03. The molecule has 3 aromatic rings.